The summed E-state index contributed by atoms with van der Waals surface area (Å²) < 4.78 is 16.7. The average molecular weight is 370 g/mol. The molecule has 2 heterocycles. The first-order valence-electron chi connectivity index (χ1n) is 10.1. The van der Waals surface area contributed by atoms with Crippen molar-refractivity contribution >= 4 is 11.9 Å². The molecule has 2 rings (SSSR count). The fourth-order valence-corrected chi connectivity index (χ4v) is 3.41. The largest absolute Gasteiger partial charge is 0.466 e. The highest BCUT2D eigenvalue weighted by atomic mass is 16.5. The number of aliphatic imine (C=N–C) groups is 1. The third kappa shape index (κ3) is 7.50. The molecular weight excluding hydrogens is 334 g/mol. The van der Waals surface area contributed by atoms with Crippen LogP contribution in [0.4, 0.5) is 0 Å². The molecule has 0 saturated carbocycles. The number of carbonyl (C=O) groups excluding carboxylic acids is 1. The highest BCUT2D eigenvalue weighted by molar-refractivity contribution is 5.80. The third-order valence-corrected chi connectivity index (χ3v) is 4.89. The van der Waals surface area contributed by atoms with Gasteiger partial charge < -0.3 is 24.4 Å². The van der Waals surface area contributed by atoms with Crippen LogP contribution in [0.25, 0.3) is 0 Å². The summed E-state index contributed by atoms with van der Waals surface area (Å²) in [5.74, 6) is 0.770. The van der Waals surface area contributed by atoms with Crippen molar-refractivity contribution < 1.29 is 19.0 Å². The molecule has 1 unspecified atom stereocenters. The fourth-order valence-electron chi connectivity index (χ4n) is 3.41. The van der Waals surface area contributed by atoms with E-state index < -0.39 is 0 Å². The Hall–Kier alpha value is -1.34. The molecule has 0 aromatic rings. The van der Waals surface area contributed by atoms with Gasteiger partial charge in [-0.3, -0.25) is 9.79 Å². The molecule has 7 nitrogen and oxygen atoms in total. The Morgan fingerprint density at radius 3 is 2.73 bits per heavy atom. The summed E-state index contributed by atoms with van der Waals surface area (Å²) in [5, 5.41) is 3.34. The lowest BCUT2D eigenvalue weighted by molar-refractivity contribution is -0.143. The molecule has 150 valence electrons. The van der Waals surface area contributed by atoms with Crippen LogP contribution < -0.4 is 5.32 Å². The SMILES string of the molecule is CCOC(=O)CCCNC(=NC)N1CCC(OCC2CCCCO2)CC1. The van der Waals surface area contributed by atoms with Crippen LogP contribution in [0.3, 0.4) is 0 Å². The van der Waals surface area contributed by atoms with E-state index >= 15 is 0 Å². The quantitative estimate of drug-likeness (QED) is 0.305. The Morgan fingerprint density at radius 1 is 1.27 bits per heavy atom. The molecule has 1 N–H and O–H groups in total. The van der Waals surface area contributed by atoms with Crippen LogP contribution in [0.15, 0.2) is 4.99 Å². The van der Waals surface area contributed by atoms with Gasteiger partial charge in [-0.1, -0.05) is 0 Å². The topological polar surface area (TPSA) is 72.4 Å². The van der Waals surface area contributed by atoms with E-state index in [9.17, 15) is 4.79 Å². The lowest BCUT2D eigenvalue weighted by Crippen LogP contribution is -2.47. The highest BCUT2D eigenvalue weighted by Gasteiger charge is 2.23. The number of carbonyl (C=O) groups is 1. The lowest BCUT2D eigenvalue weighted by atomic mass is 10.1. The minimum Gasteiger partial charge on any atom is -0.466 e. The number of nitrogens with one attached hydrogen (secondary N) is 1. The van der Waals surface area contributed by atoms with Crippen LogP contribution in [0.2, 0.25) is 0 Å². The summed E-state index contributed by atoms with van der Waals surface area (Å²) in [6.07, 6.45) is 7.38. The Kier molecular flexibility index (Phi) is 9.77. The van der Waals surface area contributed by atoms with Gasteiger partial charge in [-0.2, -0.15) is 0 Å². The molecule has 0 spiro atoms. The predicted octanol–water partition coefficient (Wildman–Crippen LogP) is 1.96. The van der Waals surface area contributed by atoms with E-state index in [1.807, 2.05) is 6.92 Å². The Morgan fingerprint density at radius 2 is 2.08 bits per heavy atom. The van der Waals surface area contributed by atoms with Crippen molar-refractivity contribution in [2.75, 3.05) is 46.5 Å². The first kappa shape index (κ1) is 21.0. The van der Waals surface area contributed by atoms with E-state index in [1.165, 1.54) is 12.8 Å². The number of rotatable bonds is 8. The predicted molar refractivity (Wildman–Crippen MR) is 101 cm³/mol. The van der Waals surface area contributed by atoms with Crippen molar-refractivity contribution in [1.29, 1.82) is 0 Å². The van der Waals surface area contributed by atoms with E-state index in [0.717, 1.165) is 64.5 Å². The average Bonchev–Trinajstić information content (AvgIpc) is 2.68. The maximum Gasteiger partial charge on any atom is 0.305 e. The smallest absolute Gasteiger partial charge is 0.305 e. The first-order valence-corrected chi connectivity index (χ1v) is 10.1. The molecule has 2 aliphatic heterocycles. The molecule has 0 aliphatic carbocycles. The van der Waals surface area contributed by atoms with Crippen LogP contribution in [-0.4, -0.2) is 75.5 Å². The van der Waals surface area contributed by atoms with Gasteiger partial charge in [0.05, 0.1) is 25.4 Å². The van der Waals surface area contributed by atoms with Crippen molar-refractivity contribution in [3.8, 4) is 0 Å². The first-order chi connectivity index (χ1) is 12.7. The van der Waals surface area contributed by atoms with Crippen LogP contribution in [0.5, 0.6) is 0 Å². The zero-order chi connectivity index (χ0) is 18.6. The van der Waals surface area contributed by atoms with Crippen molar-refractivity contribution in [3.05, 3.63) is 0 Å². The molecule has 26 heavy (non-hydrogen) atoms. The molecule has 1 atom stereocenters. The van der Waals surface area contributed by atoms with Crippen LogP contribution in [-0.2, 0) is 19.0 Å². The van der Waals surface area contributed by atoms with Crippen LogP contribution in [0, 0.1) is 0 Å². The zero-order valence-electron chi connectivity index (χ0n) is 16.4. The second kappa shape index (κ2) is 12.1. The minimum atomic E-state index is -0.135. The molecule has 2 aliphatic rings. The molecule has 0 amide bonds. The van der Waals surface area contributed by atoms with Gasteiger partial charge in [-0.15, -0.1) is 0 Å². The number of nitrogens with zero attached hydrogens (tertiary/aromatic N) is 2. The summed E-state index contributed by atoms with van der Waals surface area (Å²) >= 11 is 0. The number of piperidine rings is 1. The van der Waals surface area contributed by atoms with Crippen LogP contribution >= 0.6 is 0 Å². The number of hydrogen-bond donors (Lipinski definition) is 1. The maximum absolute atomic E-state index is 11.4. The monoisotopic (exact) mass is 369 g/mol. The summed E-state index contributed by atoms with van der Waals surface area (Å²) in [4.78, 5) is 18.0. The molecular formula is C19H35N3O4. The Balaban J connectivity index is 1.59. The Bertz CT molecular complexity index is 431. The van der Waals surface area contributed by atoms with Crippen molar-refractivity contribution in [1.82, 2.24) is 10.2 Å². The standard InChI is InChI=1S/C19H35N3O4/c1-3-24-18(23)8-6-11-21-19(20-2)22-12-9-16(10-13-22)26-15-17-7-4-5-14-25-17/h16-17H,3-15H2,1-2H3,(H,20,21). The molecule has 0 aromatic carbocycles. The van der Waals surface area contributed by atoms with E-state index in [4.69, 9.17) is 14.2 Å². The minimum absolute atomic E-state index is 0.135. The van der Waals surface area contributed by atoms with Crippen LogP contribution in [0.1, 0.15) is 51.9 Å². The van der Waals surface area contributed by atoms with Gasteiger partial charge >= 0.3 is 5.97 Å². The normalized spacial score (nSPS) is 22.3. The van der Waals surface area contributed by atoms with E-state index in [2.05, 4.69) is 15.2 Å². The second-order valence-electron chi connectivity index (χ2n) is 6.89. The van der Waals surface area contributed by atoms with Crippen molar-refractivity contribution in [3.63, 3.8) is 0 Å². The summed E-state index contributed by atoms with van der Waals surface area (Å²) in [6.45, 7) is 6.48. The highest BCUT2D eigenvalue weighted by Crippen LogP contribution is 2.17. The summed E-state index contributed by atoms with van der Waals surface area (Å²) in [7, 11) is 1.80. The van der Waals surface area contributed by atoms with Gasteiger partial charge in [-0.25, -0.2) is 0 Å². The zero-order valence-corrected chi connectivity index (χ0v) is 16.4. The van der Waals surface area contributed by atoms with E-state index in [0.29, 0.717) is 19.1 Å². The summed E-state index contributed by atoms with van der Waals surface area (Å²) in [6, 6.07) is 0. The van der Waals surface area contributed by atoms with Gasteiger partial charge in [0.15, 0.2) is 5.96 Å². The lowest BCUT2D eigenvalue weighted by Gasteiger charge is -2.35. The number of esters is 1. The van der Waals surface area contributed by atoms with Crippen molar-refractivity contribution in [2.24, 2.45) is 4.99 Å². The van der Waals surface area contributed by atoms with Gasteiger partial charge in [0.25, 0.3) is 0 Å². The van der Waals surface area contributed by atoms with Gasteiger partial charge in [0, 0.05) is 39.7 Å². The Labute approximate surface area is 157 Å². The second-order valence-corrected chi connectivity index (χ2v) is 6.89. The number of likely N-dealkylation sites (tertiary alicyclic amines) is 1. The number of ether oxygens (including phenoxy) is 3. The molecule has 0 radical (unpaired) electrons. The van der Waals surface area contributed by atoms with E-state index in [-0.39, 0.29) is 12.1 Å². The van der Waals surface area contributed by atoms with Gasteiger partial charge in [0.1, 0.15) is 0 Å². The van der Waals surface area contributed by atoms with Crippen molar-refractivity contribution in [2.45, 2.75) is 64.1 Å². The molecule has 0 aromatic heterocycles. The summed E-state index contributed by atoms with van der Waals surface area (Å²) in [5.41, 5.74) is 0. The fraction of sp³-hybridized carbons (Fsp3) is 0.895. The number of guanidine groups is 1. The third-order valence-electron chi connectivity index (χ3n) is 4.89. The molecule has 2 fully saturated rings. The molecule has 0 bridgehead atoms. The van der Waals surface area contributed by atoms with Gasteiger partial charge in [-0.05, 0) is 45.4 Å². The maximum atomic E-state index is 11.4. The number of hydrogen-bond acceptors (Lipinski definition) is 5. The molecule has 2 saturated heterocycles. The van der Waals surface area contributed by atoms with E-state index in [1.54, 1.807) is 7.05 Å². The molecule has 7 heteroatoms. The van der Waals surface area contributed by atoms with Gasteiger partial charge in [0.2, 0.25) is 0 Å².